The molecule has 2 rings (SSSR count). The fourth-order valence-electron chi connectivity index (χ4n) is 1.98. The maximum atomic E-state index is 12.0. The number of alkyl halides is 3. The summed E-state index contributed by atoms with van der Waals surface area (Å²) in [6.45, 7) is 2.34. The number of ketones is 1. The topological polar surface area (TPSA) is 38.3 Å². The minimum absolute atomic E-state index is 0.00882. The molecule has 0 amide bonds. The van der Waals surface area contributed by atoms with Gasteiger partial charge in [0.05, 0.1) is 0 Å². The van der Waals surface area contributed by atoms with Crippen LogP contribution in [0.2, 0.25) is 0 Å². The third-order valence-electron chi connectivity index (χ3n) is 3.14. The van der Waals surface area contributed by atoms with Gasteiger partial charge in [-0.1, -0.05) is 29.8 Å². The van der Waals surface area contributed by atoms with Crippen LogP contribution in [-0.4, -0.2) is 18.7 Å². The molecular weight excluding hydrogens is 307 g/mol. The Morgan fingerprint density at radius 2 is 1.65 bits per heavy atom. The molecule has 122 valence electrons. The fraction of sp³-hybridized carbons (Fsp3) is 0.235. The Hall–Kier alpha value is -2.50. The van der Waals surface area contributed by atoms with Crippen LogP contribution >= 0.6 is 0 Å². The van der Waals surface area contributed by atoms with Crippen LogP contribution in [0.15, 0.2) is 48.5 Å². The van der Waals surface area contributed by atoms with Crippen LogP contribution in [0.3, 0.4) is 0 Å². The van der Waals surface area contributed by atoms with Crippen LogP contribution in [0, 0.1) is 6.92 Å². The summed E-state index contributed by atoms with van der Waals surface area (Å²) in [4.78, 5) is 12.0. The van der Waals surface area contributed by atoms with Crippen molar-refractivity contribution in [1.29, 1.82) is 0 Å². The second kappa shape index (κ2) is 7.17. The highest BCUT2D eigenvalue weighted by molar-refractivity contribution is 5.96. The third kappa shape index (κ3) is 5.65. The molecule has 0 saturated carbocycles. The minimum Gasteiger partial charge on any atom is -0.406 e. The average molecular weight is 323 g/mol. The van der Waals surface area contributed by atoms with Crippen molar-refractivity contribution >= 4 is 11.5 Å². The summed E-state index contributed by atoms with van der Waals surface area (Å²) in [5.41, 5.74) is 2.35. The van der Waals surface area contributed by atoms with E-state index in [0.717, 1.165) is 5.56 Å². The SMILES string of the molecule is Cc1ccc(C(=O)CCNc2ccc(OC(F)(F)F)cc2)cc1. The van der Waals surface area contributed by atoms with Crippen LogP contribution in [0.25, 0.3) is 0 Å². The smallest absolute Gasteiger partial charge is 0.406 e. The summed E-state index contributed by atoms with van der Waals surface area (Å²) in [5, 5.41) is 2.99. The Bertz CT molecular complexity index is 649. The molecule has 0 bridgehead atoms. The van der Waals surface area contributed by atoms with E-state index in [2.05, 4.69) is 10.1 Å². The molecule has 3 nitrogen and oxygen atoms in total. The van der Waals surface area contributed by atoms with E-state index in [1.807, 2.05) is 19.1 Å². The number of aryl methyl sites for hydroxylation is 1. The van der Waals surface area contributed by atoms with Gasteiger partial charge in [-0.05, 0) is 31.2 Å². The van der Waals surface area contributed by atoms with Crippen molar-refractivity contribution < 1.29 is 22.7 Å². The number of halogens is 3. The lowest BCUT2D eigenvalue weighted by Crippen LogP contribution is -2.17. The monoisotopic (exact) mass is 323 g/mol. The summed E-state index contributed by atoms with van der Waals surface area (Å²) >= 11 is 0. The van der Waals surface area contributed by atoms with Gasteiger partial charge in [0.15, 0.2) is 5.78 Å². The van der Waals surface area contributed by atoms with Crippen molar-refractivity contribution in [3.63, 3.8) is 0 Å². The number of rotatable bonds is 6. The first kappa shape index (κ1) is 16.9. The van der Waals surface area contributed by atoms with E-state index in [0.29, 0.717) is 24.2 Å². The minimum atomic E-state index is -4.70. The van der Waals surface area contributed by atoms with Gasteiger partial charge in [-0.2, -0.15) is 0 Å². The number of ether oxygens (including phenoxy) is 1. The Labute approximate surface area is 132 Å². The standard InChI is InChI=1S/C17H16F3NO2/c1-12-2-4-13(5-3-12)16(22)10-11-21-14-6-8-15(9-7-14)23-17(18,19)20/h2-9,21H,10-11H2,1H3. The van der Waals surface area contributed by atoms with Gasteiger partial charge in [0, 0.05) is 24.2 Å². The van der Waals surface area contributed by atoms with Crippen LogP contribution in [-0.2, 0) is 0 Å². The first-order valence-corrected chi connectivity index (χ1v) is 7.03. The predicted octanol–water partition coefficient (Wildman–Crippen LogP) is 4.58. The quantitative estimate of drug-likeness (QED) is 0.791. The van der Waals surface area contributed by atoms with Gasteiger partial charge in [-0.25, -0.2) is 0 Å². The molecule has 0 fully saturated rings. The van der Waals surface area contributed by atoms with E-state index in [-0.39, 0.29) is 11.5 Å². The summed E-state index contributed by atoms with van der Waals surface area (Å²) in [7, 11) is 0. The second-order valence-electron chi connectivity index (χ2n) is 5.04. The molecule has 1 N–H and O–H groups in total. The maximum Gasteiger partial charge on any atom is 0.573 e. The van der Waals surface area contributed by atoms with Gasteiger partial charge in [-0.15, -0.1) is 13.2 Å². The van der Waals surface area contributed by atoms with Gasteiger partial charge < -0.3 is 10.1 Å². The number of hydrogen-bond acceptors (Lipinski definition) is 3. The van der Waals surface area contributed by atoms with E-state index in [9.17, 15) is 18.0 Å². The Morgan fingerprint density at radius 1 is 1.04 bits per heavy atom. The van der Waals surface area contributed by atoms with E-state index in [1.165, 1.54) is 24.3 Å². The number of hydrogen-bond donors (Lipinski definition) is 1. The number of carbonyl (C=O) groups is 1. The summed E-state index contributed by atoms with van der Waals surface area (Å²) in [5.74, 6) is -0.270. The normalized spacial score (nSPS) is 11.1. The zero-order chi connectivity index (χ0) is 16.9. The van der Waals surface area contributed by atoms with Crippen molar-refractivity contribution in [2.45, 2.75) is 19.7 Å². The van der Waals surface area contributed by atoms with E-state index >= 15 is 0 Å². The molecule has 23 heavy (non-hydrogen) atoms. The van der Waals surface area contributed by atoms with Crippen LogP contribution in [0.4, 0.5) is 18.9 Å². The summed E-state index contributed by atoms with van der Waals surface area (Å²) in [6.07, 6.45) is -4.40. The molecule has 0 unspecified atom stereocenters. The molecule has 0 radical (unpaired) electrons. The lowest BCUT2D eigenvalue weighted by atomic mass is 10.1. The van der Waals surface area contributed by atoms with Crippen LogP contribution < -0.4 is 10.1 Å². The molecule has 0 saturated heterocycles. The zero-order valence-corrected chi connectivity index (χ0v) is 12.5. The predicted molar refractivity (Wildman–Crippen MR) is 81.7 cm³/mol. The Balaban J connectivity index is 1.82. The molecule has 0 heterocycles. The number of nitrogens with one attached hydrogen (secondary N) is 1. The lowest BCUT2D eigenvalue weighted by Gasteiger charge is -2.10. The first-order valence-electron chi connectivity index (χ1n) is 7.03. The molecule has 0 spiro atoms. The summed E-state index contributed by atoms with van der Waals surface area (Å²) in [6, 6.07) is 12.7. The molecule has 2 aromatic rings. The molecule has 0 aliphatic carbocycles. The lowest BCUT2D eigenvalue weighted by molar-refractivity contribution is -0.274. The van der Waals surface area contributed by atoms with Gasteiger partial charge in [0.2, 0.25) is 0 Å². The number of anilines is 1. The average Bonchev–Trinajstić information content (AvgIpc) is 2.48. The molecule has 0 aliphatic heterocycles. The van der Waals surface area contributed by atoms with E-state index in [1.54, 1.807) is 12.1 Å². The largest absolute Gasteiger partial charge is 0.573 e. The van der Waals surface area contributed by atoms with E-state index < -0.39 is 6.36 Å². The maximum absolute atomic E-state index is 12.0. The Morgan fingerprint density at radius 3 is 2.22 bits per heavy atom. The number of carbonyl (C=O) groups excluding carboxylic acids is 1. The van der Waals surface area contributed by atoms with Crippen molar-refractivity contribution in [3.05, 3.63) is 59.7 Å². The van der Waals surface area contributed by atoms with Crippen LogP contribution in [0.1, 0.15) is 22.3 Å². The molecule has 2 aromatic carbocycles. The molecule has 0 atom stereocenters. The highest BCUT2D eigenvalue weighted by Crippen LogP contribution is 2.23. The van der Waals surface area contributed by atoms with Gasteiger partial charge in [0.1, 0.15) is 5.75 Å². The van der Waals surface area contributed by atoms with Crippen LogP contribution in [0.5, 0.6) is 5.75 Å². The number of benzene rings is 2. The molecular formula is C17H16F3NO2. The first-order chi connectivity index (χ1) is 10.8. The van der Waals surface area contributed by atoms with E-state index in [4.69, 9.17) is 0 Å². The molecule has 0 aromatic heterocycles. The second-order valence-corrected chi connectivity index (χ2v) is 5.04. The van der Waals surface area contributed by atoms with Crippen molar-refractivity contribution in [2.24, 2.45) is 0 Å². The van der Waals surface area contributed by atoms with Crippen molar-refractivity contribution in [1.82, 2.24) is 0 Å². The highest BCUT2D eigenvalue weighted by Gasteiger charge is 2.30. The highest BCUT2D eigenvalue weighted by atomic mass is 19.4. The van der Waals surface area contributed by atoms with Gasteiger partial charge >= 0.3 is 6.36 Å². The zero-order valence-electron chi connectivity index (χ0n) is 12.5. The molecule has 6 heteroatoms. The molecule has 0 aliphatic rings. The number of Topliss-reactive ketones (excluding diaryl/α,β-unsaturated/α-hetero) is 1. The fourth-order valence-corrected chi connectivity index (χ4v) is 1.98. The van der Waals surface area contributed by atoms with Crippen molar-refractivity contribution in [3.8, 4) is 5.75 Å². The third-order valence-corrected chi connectivity index (χ3v) is 3.14. The van der Waals surface area contributed by atoms with Gasteiger partial charge in [-0.3, -0.25) is 4.79 Å². The summed E-state index contributed by atoms with van der Waals surface area (Å²) < 4.78 is 39.9. The Kier molecular flexibility index (Phi) is 5.26. The van der Waals surface area contributed by atoms with Gasteiger partial charge in [0.25, 0.3) is 0 Å². The van der Waals surface area contributed by atoms with Crippen molar-refractivity contribution in [2.75, 3.05) is 11.9 Å².